The predicted molar refractivity (Wildman–Crippen MR) is 96.1 cm³/mol. The molecule has 0 unspecified atom stereocenters. The van der Waals surface area contributed by atoms with Crippen molar-refractivity contribution in [2.24, 2.45) is 0 Å². The molecule has 0 spiro atoms. The molecule has 1 aromatic carbocycles. The number of fused-ring (bicyclic) bond motifs is 1. The average Bonchev–Trinajstić information content (AvgIpc) is 3.01. The van der Waals surface area contributed by atoms with Crippen LogP contribution in [0.25, 0.3) is 0 Å². The zero-order valence-corrected chi connectivity index (χ0v) is 15.8. The highest BCUT2D eigenvalue weighted by atomic mass is 32.2. The fraction of sp³-hybridized carbons (Fsp3) is 0.312. The molecule has 1 N–H and O–H groups in total. The van der Waals surface area contributed by atoms with E-state index in [9.17, 15) is 18.0 Å². The van der Waals surface area contributed by atoms with Crippen molar-refractivity contribution >= 4 is 38.3 Å². The molecule has 1 aromatic heterocycles. The fourth-order valence-corrected chi connectivity index (χ4v) is 4.58. The summed E-state index contributed by atoms with van der Waals surface area (Å²) >= 11 is 1.26. The van der Waals surface area contributed by atoms with Crippen LogP contribution >= 0.6 is 11.3 Å². The van der Waals surface area contributed by atoms with E-state index >= 15 is 0 Å². The first kappa shape index (κ1) is 18.3. The van der Waals surface area contributed by atoms with Crippen molar-refractivity contribution in [3.05, 3.63) is 40.4 Å². The number of sulfone groups is 1. The summed E-state index contributed by atoms with van der Waals surface area (Å²) in [5.74, 6) is -0.540. The van der Waals surface area contributed by atoms with E-state index in [-0.39, 0.29) is 10.5 Å². The summed E-state index contributed by atoms with van der Waals surface area (Å²) in [4.78, 5) is 30.9. The molecule has 0 fully saturated rings. The molecule has 1 aliphatic heterocycles. The lowest BCUT2D eigenvalue weighted by Crippen LogP contribution is -2.35. The quantitative estimate of drug-likeness (QED) is 0.851. The summed E-state index contributed by atoms with van der Waals surface area (Å²) in [6.45, 7) is 0.864. The second kappa shape index (κ2) is 7.04. The first-order valence-corrected chi connectivity index (χ1v) is 10.4. The Bertz CT molecular complexity index is 968. The Morgan fingerprint density at radius 2 is 2.04 bits per heavy atom. The van der Waals surface area contributed by atoms with Crippen LogP contribution in [0.5, 0.6) is 0 Å². The standard InChI is InChI=1S/C16H17N3O5S2/c1-24-16(21)19-8-7-11-12(9-19)25-15(17-11)18-14(20)10-5-3-4-6-13(10)26(2,22)23/h3-6H,7-9H2,1-2H3,(H,17,18,20). The number of nitrogens with one attached hydrogen (secondary N) is 1. The largest absolute Gasteiger partial charge is 0.453 e. The van der Waals surface area contributed by atoms with Gasteiger partial charge < -0.3 is 9.64 Å². The minimum atomic E-state index is -3.53. The van der Waals surface area contributed by atoms with Crippen LogP contribution in [0.3, 0.4) is 0 Å². The molecule has 10 heteroatoms. The highest BCUT2D eigenvalue weighted by Crippen LogP contribution is 2.29. The number of rotatable bonds is 3. The third-order valence-electron chi connectivity index (χ3n) is 3.92. The van der Waals surface area contributed by atoms with Crippen molar-refractivity contribution in [1.82, 2.24) is 9.88 Å². The van der Waals surface area contributed by atoms with E-state index < -0.39 is 21.8 Å². The van der Waals surface area contributed by atoms with E-state index in [4.69, 9.17) is 4.74 Å². The first-order valence-electron chi connectivity index (χ1n) is 7.71. The second-order valence-electron chi connectivity index (χ2n) is 5.75. The lowest BCUT2D eigenvalue weighted by molar-refractivity contribution is 0.102. The Labute approximate surface area is 154 Å². The lowest BCUT2D eigenvalue weighted by atomic mass is 10.2. The molecule has 3 rings (SSSR count). The summed E-state index contributed by atoms with van der Waals surface area (Å²) < 4.78 is 28.4. The van der Waals surface area contributed by atoms with Crippen LogP contribution in [0.2, 0.25) is 0 Å². The molecular weight excluding hydrogens is 378 g/mol. The van der Waals surface area contributed by atoms with Crippen LogP contribution in [0, 0.1) is 0 Å². The highest BCUT2D eigenvalue weighted by molar-refractivity contribution is 7.90. The van der Waals surface area contributed by atoms with E-state index in [1.165, 1.54) is 30.6 Å². The van der Waals surface area contributed by atoms with Gasteiger partial charge >= 0.3 is 6.09 Å². The van der Waals surface area contributed by atoms with E-state index in [1.807, 2.05) is 0 Å². The van der Waals surface area contributed by atoms with Crippen molar-refractivity contribution in [2.75, 3.05) is 25.2 Å². The average molecular weight is 395 g/mol. The number of hydrogen-bond acceptors (Lipinski definition) is 7. The van der Waals surface area contributed by atoms with Gasteiger partial charge in [0.2, 0.25) is 0 Å². The van der Waals surface area contributed by atoms with Crippen molar-refractivity contribution in [2.45, 2.75) is 17.9 Å². The van der Waals surface area contributed by atoms with Gasteiger partial charge in [-0.15, -0.1) is 0 Å². The third-order valence-corrected chi connectivity index (χ3v) is 6.07. The number of benzene rings is 1. The minimum absolute atomic E-state index is 0.0318. The summed E-state index contributed by atoms with van der Waals surface area (Å²) in [6, 6.07) is 6.02. The summed E-state index contributed by atoms with van der Waals surface area (Å²) in [6.07, 6.45) is 1.22. The van der Waals surface area contributed by atoms with Crippen LogP contribution in [0.1, 0.15) is 20.9 Å². The smallest absolute Gasteiger partial charge is 0.409 e. The maximum absolute atomic E-state index is 12.5. The van der Waals surface area contributed by atoms with Gasteiger partial charge in [0.1, 0.15) is 0 Å². The number of carbonyl (C=O) groups excluding carboxylic acids is 2. The zero-order chi connectivity index (χ0) is 18.9. The SMILES string of the molecule is COC(=O)N1CCc2nc(NC(=O)c3ccccc3S(C)(=O)=O)sc2C1. The first-order chi connectivity index (χ1) is 12.3. The highest BCUT2D eigenvalue weighted by Gasteiger charge is 2.25. The van der Waals surface area contributed by atoms with Crippen LogP contribution in [-0.4, -0.2) is 50.2 Å². The molecule has 26 heavy (non-hydrogen) atoms. The Hall–Kier alpha value is -2.46. The van der Waals surface area contributed by atoms with Crippen molar-refractivity contribution in [3.63, 3.8) is 0 Å². The molecule has 0 saturated carbocycles. The van der Waals surface area contributed by atoms with Gasteiger partial charge in [-0.3, -0.25) is 10.1 Å². The van der Waals surface area contributed by atoms with Gasteiger partial charge in [-0.25, -0.2) is 18.2 Å². The van der Waals surface area contributed by atoms with Gasteiger partial charge in [-0.2, -0.15) is 0 Å². The van der Waals surface area contributed by atoms with E-state index in [0.29, 0.717) is 24.6 Å². The maximum Gasteiger partial charge on any atom is 0.409 e. The molecular formula is C16H17N3O5S2. The normalized spacial score (nSPS) is 13.8. The van der Waals surface area contributed by atoms with Crippen LogP contribution in [-0.2, 0) is 27.5 Å². The monoisotopic (exact) mass is 395 g/mol. The molecule has 0 radical (unpaired) electrons. The van der Waals surface area contributed by atoms with E-state index in [0.717, 1.165) is 16.8 Å². The van der Waals surface area contributed by atoms with Gasteiger partial charge in [-0.05, 0) is 12.1 Å². The number of thiazole rings is 1. The molecule has 0 atom stereocenters. The molecule has 2 heterocycles. The topological polar surface area (TPSA) is 106 Å². The third kappa shape index (κ3) is 3.70. The molecule has 2 aromatic rings. The van der Waals surface area contributed by atoms with Crippen LogP contribution in [0.15, 0.2) is 29.2 Å². The molecule has 2 amide bonds. The maximum atomic E-state index is 12.5. The summed E-state index contributed by atoms with van der Waals surface area (Å²) in [5, 5.41) is 3.03. The van der Waals surface area contributed by atoms with Crippen LogP contribution in [0.4, 0.5) is 9.93 Å². The molecule has 0 aliphatic carbocycles. The molecule has 0 saturated heterocycles. The van der Waals surface area contributed by atoms with Gasteiger partial charge in [0.15, 0.2) is 15.0 Å². The van der Waals surface area contributed by atoms with Crippen molar-refractivity contribution < 1.29 is 22.7 Å². The zero-order valence-electron chi connectivity index (χ0n) is 14.2. The Morgan fingerprint density at radius 1 is 1.31 bits per heavy atom. The Kier molecular flexibility index (Phi) is 4.97. The number of ether oxygens (including phenoxy) is 1. The van der Waals surface area contributed by atoms with Gasteiger partial charge in [0.05, 0.1) is 29.8 Å². The van der Waals surface area contributed by atoms with E-state index in [1.54, 1.807) is 17.0 Å². The van der Waals surface area contributed by atoms with Gasteiger partial charge in [0, 0.05) is 24.1 Å². The molecule has 0 bridgehead atoms. The van der Waals surface area contributed by atoms with Crippen molar-refractivity contribution in [1.29, 1.82) is 0 Å². The Balaban J connectivity index is 1.81. The van der Waals surface area contributed by atoms with Crippen LogP contribution < -0.4 is 5.32 Å². The molecule has 1 aliphatic rings. The number of aromatic nitrogens is 1. The Morgan fingerprint density at radius 3 is 2.73 bits per heavy atom. The predicted octanol–water partition coefficient (Wildman–Crippen LogP) is 1.92. The minimum Gasteiger partial charge on any atom is -0.453 e. The second-order valence-corrected chi connectivity index (χ2v) is 8.82. The number of hydrogen-bond donors (Lipinski definition) is 1. The number of carbonyl (C=O) groups is 2. The molecule has 8 nitrogen and oxygen atoms in total. The number of anilines is 1. The van der Waals surface area contributed by atoms with E-state index in [2.05, 4.69) is 10.3 Å². The molecule has 138 valence electrons. The lowest BCUT2D eigenvalue weighted by Gasteiger charge is -2.24. The summed E-state index contributed by atoms with van der Waals surface area (Å²) in [7, 11) is -2.20. The number of nitrogens with zero attached hydrogens (tertiary/aromatic N) is 2. The summed E-state index contributed by atoms with van der Waals surface area (Å²) in [5.41, 5.74) is 0.890. The van der Waals surface area contributed by atoms with Crippen molar-refractivity contribution in [3.8, 4) is 0 Å². The number of methoxy groups -OCH3 is 1. The fourth-order valence-electron chi connectivity index (χ4n) is 2.68. The van der Waals surface area contributed by atoms with Gasteiger partial charge in [-0.1, -0.05) is 23.5 Å². The number of amides is 2. The van der Waals surface area contributed by atoms with Gasteiger partial charge in [0.25, 0.3) is 5.91 Å².